The predicted octanol–water partition coefficient (Wildman–Crippen LogP) is 2.21. The van der Waals surface area contributed by atoms with E-state index >= 15 is 0 Å². The van der Waals surface area contributed by atoms with E-state index < -0.39 is 5.56 Å². The summed E-state index contributed by atoms with van der Waals surface area (Å²) in [7, 11) is 0. The fourth-order valence-electron chi connectivity index (χ4n) is 3.65. The van der Waals surface area contributed by atoms with Gasteiger partial charge in [0.1, 0.15) is 11.6 Å². The van der Waals surface area contributed by atoms with Crippen LogP contribution in [0.3, 0.4) is 0 Å². The number of nitrogens with zero attached hydrogens (tertiary/aromatic N) is 3. The Morgan fingerprint density at radius 2 is 2.00 bits per heavy atom. The number of carbonyl (C=O) groups excluding carboxylic acids is 2. The Bertz CT molecular complexity index is 1010. The molecule has 2 amide bonds. The zero-order valence-electron chi connectivity index (χ0n) is 16.6. The summed E-state index contributed by atoms with van der Waals surface area (Å²) in [5.74, 6) is -0.255. The summed E-state index contributed by atoms with van der Waals surface area (Å²) in [5, 5.41) is 9.11. The second-order valence-corrected chi connectivity index (χ2v) is 7.23. The number of nitrogens with one attached hydrogen (secondary N) is 1. The molecule has 1 atom stereocenters. The highest BCUT2D eigenvalue weighted by Crippen LogP contribution is 2.20. The van der Waals surface area contributed by atoms with Gasteiger partial charge in [0.2, 0.25) is 5.91 Å². The molecule has 1 aromatic carbocycles. The maximum atomic E-state index is 13.2. The van der Waals surface area contributed by atoms with Crippen LogP contribution in [0.15, 0.2) is 41.2 Å². The monoisotopic (exact) mass is 392 g/mol. The van der Waals surface area contributed by atoms with E-state index in [4.69, 9.17) is 5.26 Å². The van der Waals surface area contributed by atoms with E-state index in [9.17, 15) is 14.4 Å². The Morgan fingerprint density at radius 3 is 2.66 bits per heavy atom. The molecular formula is C22H24N4O3. The van der Waals surface area contributed by atoms with Crippen molar-refractivity contribution in [2.45, 2.75) is 39.3 Å². The van der Waals surface area contributed by atoms with E-state index in [0.717, 1.165) is 12.0 Å². The van der Waals surface area contributed by atoms with Crippen LogP contribution in [0.1, 0.15) is 46.9 Å². The highest BCUT2D eigenvalue weighted by Gasteiger charge is 2.31. The van der Waals surface area contributed by atoms with Crippen molar-refractivity contribution >= 4 is 11.8 Å². The van der Waals surface area contributed by atoms with E-state index in [0.29, 0.717) is 30.9 Å². The third-order valence-electron chi connectivity index (χ3n) is 5.33. The maximum Gasteiger partial charge on any atom is 0.266 e. The van der Waals surface area contributed by atoms with Crippen molar-refractivity contribution in [3.05, 3.63) is 69.1 Å². The minimum Gasteiger partial charge on any atom is -0.336 e. The molecule has 150 valence electrons. The van der Waals surface area contributed by atoms with Crippen LogP contribution in [0.5, 0.6) is 0 Å². The van der Waals surface area contributed by atoms with Crippen LogP contribution in [0, 0.1) is 18.3 Å². The predicted molar refractivity (Wildman–Crippen MR) is 108 cm³/mol. The fraction of sp³-hybridized carbons (Fsp3) is 0.364. The summed E-state index contributed by atoms with van der Waals surface area (Å²) in [6.07, 6.45) is 0.957. The zero-order chi connectivity index (χ0) is 21.0. The molecule has 1 N–H and O–H groups in total. The number of amides is 2. The van der Waals surface area contributed by atoms with Crippen molar-refractivity contribution in [3.8, 4) is 6.07 Å². The Hall–Kier alpha value is -3.40. The Kier molecular flexibility index (Phi) is 6.13. The first kappa shape index (κ1) is 20.3. The molecule has 2 aromatic rings. The number of benzene rings is 1. The van der Waals surface area contributed by atoms with Crippen LogP contribution >= 0.6 is 0 Å². The molecule has 1 aliphatic heterocycles. The second-order valence-electron chi connectivity index (χ2n) is 7.23. The normalized spacial score (nSPS) is 17.0. The molecule has 1 unspecified atom stereocenters. The lowest BCUT2D eigenvalue weighted by Crippen LogP contribution is -2.44. The molecule has 1 aromatic heterocycles. The van der Waals surface area contributed by atoms with Gasteiger partial charge in [0.05, 0.1) is 5.56 Å². The van der Waals surface area contributed by atoms with Gasteiger partial charge >= 0.3 is 0 Å². The number of aromatic amines is 1. The lowest BCUT2D eigenvalue weighted by atomic mass is 10.1. The number of nitriles is 1. The molecule has 0 saturated carbocycles. The quantitative estimate of drug-likeness (QED) is 0.863. The Morgan fingerprint density at radius 1 is 1.28 bits per heavy atom. The zero-order valence-corrected chi connectivity index (χ0v) is 16.6. The Labute approximate surface area is 169 Å². The van der Waals surface area contributed by atoms with Gasteiger partial charge in [-0.25, -0.2) is 0 Å². The van der Waals surface area contributed by atoms with Gasteiger partial charge in [0.15, 0.2) is 0 Å². The smallest absolute Gasteiger partial charge is 0.266 e. The third-order valence-corrected chi connectivity index (χ3v) is 5.33. The van der Waals surface area contributed by atoms with Crippen LogP contribution in [0.4, 0.5) is 0 Å². The number of aromatic nitrogens is 1. The average Bonchev–Trinajstić information content (AvgIpc) is 2.88. The number of rotatable bonds is 4. The highest BCUT2D eigenvalue weighted by molar-refractivity contribution is 5.96. The van der Waals surface area contributed by atoms with Crippen molar-refractivity contribution in [1.29, 1.82) is 5.26 Å². The number of hydrogen-bond donors (Lipinski definition) is 1. The summed E-state index contributed by atoms with van der Waals surface area (Å²) in [6, 6.07) is 12.9. The second kappa shape index (κ2) is 8.74. The first-order valence-electron chi connectivity index (χ1n) is 9.71. The molecule has 29 heavy (non-hydrogen) atoms. The van der Waals surface area contributed by atoms with Crippen molar-refractivity contribution in [3.63, 3.8) is 0 Å². The first-order valence-corrected chi connectivity index (χ1v) is 9.71. The molecule has 2 heterocycles. The van der Waals surface area contributed by atoms with Crippen LogP contribution in [0.2, 0.25) is 0 Å². The topological polar surface area (TPSA) is 97.3 Å². The lowest BCUT2D eigenvalue weighted by molar-refractivity contribution is -0.133. The van der Waals surface area contributed by atoms with E-state index in [1.54, 1.807) is 11.8 Å². The summed E-state index contributed by atoms with van der Waals surface area (Å²) in [6.45, 7) is 4.87. The number of pyridine rings is 1. The molecule has 7 heteroatoms. The number of aryl methyl sites for hydroxylation is 1. The molecule has 1 aliphatic rings. The average molecular weight is 392 g/mol. The van der Waals surface area contributed by atoms with E-state index in [2.05, 4.69) is 4.98 Å². The first-order chi connectivity index (χ1) is 13.9. The van der Waals surface area contributed by atoms with Crippen LogP contribution in [-0.4, -0.2) is 45.7 Å². The molecular weight excluding hydrogens is 368 g/mol. The maximum absolute atomic E-state index is 13.2. The highest BCUT2D eigenvalue weighted by atomic mass is 16.2. The van der Waals surface area contributed by atoms with Gasteiger partial charge in [-0.05, 0) is 25.0 Å². The van der Waals surface area contributed by atoms with Gasteiger partial charge < -0.3 is 14.8 Å². The number of hydrogen-bond acceptors (Lipinski definition) is 4. The molecule has 0 bridgehead atoms. The van der Waals surface area contributed by atoms with Crippen LogP contribution in [0.25, 0.3) is 0 Å². The summed E-state index contributed by atoms with van der Waals surface area (Å²) < 4.78 is 0. The molecule has 7 nitrogen and oxygen atoms in total. The van der Waals surface area contributed by atoms with Crippen molar-refractivity contribution in [2.24, 2.45) is 0 Å². The third kappa shape index (κ3) is 4.37. The Balaban J connectivity index is 1.86. The van der Waals surface area contributed by atoms with Crippen LogP contribution in [-0.2, 0) is 11.3 Å². The minimum absolute atomic E-state index is 0.0203. The fourth-order valence-corrected chi connectivity index (χ4v) is 3.65. The molecule has 1 fully saturated rings. The minimum atomic E-state index is -0.506. The number of carbonyl (C=O) groups is 2. The largest absolute Gasteiger partial charge is 0.336 e. The van der Waals surface area contributed by atoms with Crippen molar-refractivity contribution in [2.75, 3.05) is 13.1 Å². The SMILES string of the molecule is CCC1CN(C(=O)c2cc(C#N)c(=O)[nH]c2C)CCC(=O)N1Cc1ccccc1. The summed E-state index contributed by atoms with van der Waals surface area (Å²) in [5.41, 5.74) is 1.16. The van der Waals surface area contributed by atoms with Crippen molar-refractivity contribution in [1.82, 2.24) is 14.8 Å². The molecule has 1 saturated heterocycles. The lowest BCUT2D eigenvalue weighted by Gasteiger charge is -2.31. The number of H-pyrrole nitrogens is 1. The van der Waals surface area contributed by atoms with Gasteiger partial charge in [-0.3, -0.25) is 14.4 Å². The van der Waals surface area contributed by atoms with Gasteiger partial charge in [0.25, 0.3) is 11.5 Å². The van der Waals surface area contributed by atoms with E-state index in [1.807, 2.05) is 48.2 Å². The van der Waals surface area contributed by atoms with Gasteiger partial charge in [-0.15, -0.1) is 0 Å². The molecule has 0 aliphatic carbocycles. The van der Waals surface area contributed by atoms with E-state index in [-0.39, 0.29) is 29.8 Å². The summed E-state index contributed by atoms with van der Waals surface area (Å²) in [4.78, 5) is 43.8. The van der Waals surface area contributed by atoms with Gasteiger partial charge in [-0.1, -0.05) is 37.3 Å². The molecule has 0 radical (unpaired) electrons. The molecule has 0 spiro atoms. The van der Waals surface area contributed by atoms with Crippen molar-refractivity contribution < 1.29 is 9.59 Å². The van der Waals surface area contributed by atoms with Gasteiger partial charge in [0, 0.05) is 37.8 Å². The molecule has 3 rings (SSSR count). The van der Waals surface area contributed by atoms with E-state index in [1.165, 1.54) is 6.07 Å². The summed E-state index contributed by atoms with van der Waals surface area (Å²) >= 11 is 0. The van der Waals surface area contributed by atoms with Gasteiger partial charge in [-0.2, -0.15) is 5.26 Å². The van der Waals surface area contributed by atoms with Crippen LogP contribution < -0.4 is 5.56 Å². The standard InChI is InChI=1S/C22H24N4O3/c1-3-18-14-25(22(29)19-11-17(12-23)21(28)24-15(19)2)10-9-20(27)26(18)13-16-7-5-4-6-8-16/h4-8,11,18H,3,9-10,13-14H2,1-2H3,(H,24,28).